The van der Waals surface area contributed by atoms with Crippen molar-refractivity contribution in [2.45, 2.75) is 33.7 Å². The van der Waals surface area contributed by atoms with Gasteiger partial charge in [0.25, 0.3) is 0 Å². The quantitative estimate of drug-likeness (QED) is 0.905. The molecule has 1 aromatic carbocycles. The molecule has 19 heavy (non-hydrogen) atoms. The number of rotatable bonds is 3. The normalized spacial score (nSPS) is 12.5. The summed E-state index contributed by atoms with van der Waals surface area (Å²) < 4.78 is 0. The van der Waals surface area contributed by atoms with Crippen LogP contribution in [0.25, 0.3) is 0 Å². The molecule has 0 radical (unpaired) electrons. The highest BCUT2D eigenvalue weighted by molar-refractivity contribution is 5.43. The van der Waals surface area contributed by atoms with Crippen LogP contribution in [0.5, 0.6) is 0 Å². The number of hydrogen-bond acceptors (Lipinski definition) is 2. The van der Waals surface area contributed by atoms with Gasteiger partial charge in [0.2, 0.25) is 0 Å². The molecule has 0 aliphatic rings. The van der Waals surface area contributed by atoms with E-state index < -0.39 is 0 Å². The van der Waals surface area contributed by atoms with Crippen LogP contribution in [0.1, 0.15) is 39.6 Å². The van der Waals surface area contributed by atoms with Gasteiger partial charge in [-0.05, 0) is 63.1 Å². The molecular formula is C17H22N2. The van der Waals surface area contributed by atoms with E-state index >= 15 is 0 Å². The van der Waals surface area contributed by atoms with Crippen LogP contribution in [0.3, 0.4) is 0 Å². The third kappa shape index (κ3) is 2.85. The molecule has 1 N–H and O–H groups in total. The maximum Gasteiger partial charge on any atom is 0.0594 e. The van der Waals surface area contributed by atoms with Gasteiger partial charge < -0.3 is 5.32 Å². The Morgan fingerprint density at radius 1 is 1.00 bits per heavy atom. The van der Waals surface area contributed by atoms with Crippen LogP contribution < -0.4 is 5.32 Å². The average Bonchev–Trinajstić information content (AvgIpc) is 2.35. The molecule has 1 atom stereocenters. The zero-order valence-electron chi connectivity index (χ0n) is 12.4. The van der Waals surface area contributed by atoms with Crippen molar-refractivity contribution in [3.8, 4) is 0 Å². The van der Waals surface area contributed by atoms with Crippen molar-refractivity contribution in [3.05, 3.63) is 64.0 Å². The zero-order valence-corrected chi connectivity index (χ0v) is 12.4. The van der Waals surface area contributed by atoms with Gasteiger partial charge >= 0.3 is 0 Å². The number of nitrogens with one attached hydrogen (secondary N) is 1. The first-order valence-electron chi connectivity index (χ1n) is 6.70. The fraction of sp³-hybridized carbons (Fsp3) is 0.353. The minimum absolute atomic E-state index is 0.202. The standard InChI is InChI=1S/C17H22N2/c1-11-8-12(2)16(13(3)9-11)17(18-5)15-7-6-14(4)19-10-15/h6-10,17-18H,1-5H3. The number of nitrogens with zero attached hydrogens (tertiary/aromatic N) is 1. The Morgan fingerprint density at radius 2 is 1.63 bits per heavy atom. The molecule has 0 saturated carbocycles. The third-order valence-corrected chi connectivity index (χ3v) is 3.58. The van der Waals surface area contributed by atoms with E-state index in [1.165, 1.54) is 27.8 Å². The molecule has 2 rings (SSSR count). The van der Waals surface area contributed by atoms with Gasteiger partial charge in [0.15, 0.2) is 0 Å². The maximum absolute atomic E-state index is 4.41. The number of aromatic nitrogens is 1. The Hall–Kier alpha value is -1.67. The van der Waals surface area contributed by atoms with Gasteiger partial charge in [0.1, 0.15) is 0 Å². The molecule has 2 heteroatoms. The smallest absolute Gasteiger partial charge is 0.0594 e. The Bertz CT molecular complexity index is 547. The number of hydrogen-bond donors (Lipinski definition) is 1. The Labute approximate surface area is 115 Å². The molecule has 1 unspecified atom stereocenters. The van der Waals surface area contributed by atoms with E-state index in [0.29, 0.717) is 0 Å². The van der Waals surface area contributed by atoms with Crippen LogP contribution in [-0.2, 0) is 0 Å². The lowest BCUT2D eigenvalue weighted by atomic mass is 9.90. The molecular weight excluding hydrogens is 232 g/mol. The number of pyridine rings is 1. The first-order valence-corrected chi connectivity index (χ1v) is 6.70. The molecule has 2 nitrogen and oxygen atoms in total. The summed E-state index contributed by atoms with van der Waals surface area (Å²) in [5, 5.41) is 3.42. The second kappa shape index (κ2) is 5.54. The van der Waals surface area contributed by atoms with Crippen molar-refractivity contribution in [1.29, 1.82) is 0 Å². The van der Waals surface area contributed by atoms with Crippen molar-refractivity contribution >= 4 is 0 Å². The molecule has 1 aromatic heterocycles. The summed E-state index contributed by atoms with van der Waals surface area (Å²) in [4.78, 5) is 4.41. The van der Waals surface area contributed by atoms with Gasteiger partial charge in [0, 0.05) is 11.9 Å². The molecule has 0 bridgehead atoms. The maximum atomic E-state index is 4.41. The van der Waals surface area contributed by atoms with E-state index in [2.05, 4.69) is 55.3 Å². The highest BCUT2D eigenvalue weighted by atomic mass is 14.9. The van der Waals surface area contributed by atoms with Crippen molar-refractivity contribution in [3.63, 3.8) is 0 Å². The Morgan fingerprint density at radius 3 is 2.11 bits per heavy atom. The summed E-state index contributed by atoms with van der Waals surface area (Å²) >= 11 is 0. The topological polar surface area (TPSA) is 24.9 Å². The Balaban J connectivity index is 2.51. The predicted octanol–water partition coefficient (Wildman–Crippen LogP) is 3.62. The average molecular weight is 254 g/mol. The van der Waals surface area contributed by atoms with E-state index in [4.69, 9.17) is 0 Å². The molecule has 1 heterocycles. The summed E-state index contributed by atoms with van der Waals surface area (Å²) in [6, 6.07) is 8.91. The molecule has 0 aliphatic carbocycles. The third-order valence-electron chi connectivity index (χ3n) is 3.58. The van der Waals surface area contributed by atoms with Crippen LogP contribution in [0, 0.1) is 27.7 Å². The molecule has 0 saturated heterocycles. The van der Waals surface area contributed by atoms with E-state index in [0.717, 1.165) is 5.69 Å². The lowest BCUT2D eigenvalue weighted by molar-refractivity contribution is 0.679. The number of aryl methyl sites for hydroxylation is 4. The highest BCUT2D eigenvalue weighted by Gasteiger charge is 2.17. The largest absolute Gasteiger partial charge is 0.309 e. The van der Waals surface area contributed by atoms with Crippen molar-refractivity contribution < 1.29 is 0 Å². The van der Waals surface area contributed by atoms with Crippen LogP contribution >= 0.6 is 0 Å². The molecule has 0 aliphatic heterocycles. The molecule has 100 valence electrons. The van der Waals surface area contributed by atoms with Crippen LogP contribution in [0.2, 0.25) is 0 Å². The van der Waals surface area contributed by atoms with Gasteiger partial charge in [-0.25, -0.2) is 0 Å². The SMILES string of the molecule is CNC(c1ccc(C)nc1)c1c(C)cc(C)cc1C. The van der Waals surface area contributed by atoms with Crippen LogP contribution in [0.4, 0.5) is 0 Å². The Kier molecular flexibility index (Phi) is 4.01. The van der Waals surface area contributed by atoms with Crippen molar-refractivity contribution in [1.82, 2.24) is 10.3 Å². The van der Waals surface area contributed by atoms with E-state index in [9.17, 15) is 0 Å². The first kappa shape index (κ1) is 13.8. The molecule has 0 spiro atoms. The van der Waals surface area contributed by atoms with E-state index in [1.807, 2.05) is 20.2 Å². The first-order chi connectivity index (χ1) is 9.02. The van der Waals surface area contributed by atoms with Gasteiger partial charge in [-0.3, -0.25) is 4.98 Å². The predicted molar refractivity (Wildman–Crippen MR) is 80.5 cm³/mol. The van der Waals surface area contributed by atoms with Crippen molar-refractivity contribution in [2.75, 3.05) is 7.05 Å². The molecule has 2 aromatic rings. The second-order valence-corrected chi connectivity index (χ2v) is 5.27. The fourth-order valence-electron chi connectivity index (χ4n) is 2.77. The lowest BCUT2D eigenvalue weighted by Gasteiger charge is -2.22. The molecule has 0 amide bonds. The summed E-state index contributed by atoms with van der Waals surface area (Å²) in [5.41, 5.74) is 7.60. The molecule has 0 fully saturated rings. The minimum atomic E-state index is 0.202. The summed E-state index contributed by atoms with van der Waals surface area (Å²) in [6.45, 7) is 8.52. The monoisotopic (exact) mass is 254 g/mol. The second-order valence-electron chi connectivity index (χ2n) is 5.27. The van der Waals surface area contributed by atoms with E-state index in [1.54, 1.807) is 0 Å². The van der Waals surface area contributed by atoms with Gasteiger partial charge in [0.05, 0.1) is 6.04 Å². The summed E-state index contributed by atoms with van der Waals surface area (Å²) in [7, 11) is 2.00. The lowest BCUT2D eigenvalue weighted by Crippen LogP contribution is -2.20. The minimum Gasteiger partial charge on any atom is -0.309 e. The van der Waals surface area contributed by atoms with Gasteiger partial charge in [-0.1, -0.05) is 23.8 Å². The summed E-state index contributed by atoms with van der Waals surface area (Å²) in [5.74, 6) is 0. The fourth-order valence-corrected chi connectivity index (χ4v) is 2.77. The van der Waals surface area contributed by atoms with Crippen LogP contribution in [-0.4, -0.2) is 12.0 Å². The van der Waals surface area contributed by atoms with Crippen LogP contribution in [0.15, 0.2) is 30.5 Å². The summed E-state index contributed by atoms with van der Waals surface area (Å²) in [6.07, 6.45) is 1.97. The highest BCUT2D eigenvalue weighted by Crippen LogP contribution is 2.28. The number of benzene rings is 1. The van der Waals surface area contributed by atoms with E-state index in [-0.39, 0.29) is 6.04 Å². The van der Waals surface area contributed by atoms with Crippen molar-refractivity contribution in [2.24, 2.45) is 0 Å². The van der Waals surface area contributed by atoms with Gasteiger partial charge in [-0.2, -0.15) is 0 Å². The van der Waals surface area contributed by atoms with Gasteiger partial charge in [-0.15, -0.1) is 0 Å². The zero-order chi connectivity index (χ0) is 14.0.